The highest BCUT2D eigenvalue weighted by Gasteiger charge is 1.95. The van der Waals surface area contributed by atoms with Crippen LogP contribution in [0.25, 0.3) is 0 Å². The van der Waals surface area contributed by atoms with Gasteiger partial charge in [-0.2, -0.15) is 0 Å². The summed E-state index contributed by atoms with van der Waals surface area (Å²) >= 11 is 0. The second kappa shape index (κ2) is 11.3. The van der Waals surface area contributed by atoms with Gasteiger partial charge in [-0.15, -0.1) is 0 Å². The fourth-order valence-corrected chi connectivity index (χ4v) is 1.77. The maximum Gasteiger partial charge on any atom is 0.327 e. The van der Waals surface area contributed by atoms with E-state index in [1.807, 2.05) is 0 Å². The van der Waals surface area contributed by atoms with Gasteiger partial charge < -0.3 is 5.11 Å². The second-order valence-electron chi connectivity index (χ2n) is 4.08. The standard InChI is InChI=1S/C10H20.C3H4O2/c1-2-4-6-8-10-9-7-5-3-1;1-2-3(4)5/h1-10H2;2H,1H2,(H,4,5). The molecule has 88 valence electrons. The Morgan fingerprint density at radius 3 is 1.00 bits per heavy atom. The molecule has 1 saturated carbocycles. The number of aliphatic carboxylic acids is 1. The fraction of sp³-hybridized carbons (Fsp3) is 0.769. The van der Waals surface area contributed by atoms with Gasteiger partial charge in [-0.25, -0.2) is 4.79 Å². The number of carboxylic acid groups (broad SMARTS) is 1. The maximum absolute atomic E-state index is 9.25. The number of hydrogen-bond acceptors (Lipinski definition) is 1. The highest BCUT2D eigenvalue weighted by atomic mass is 16.4. The molecule has 0 aromatic rings. The molecular weight excluding hydrogens is 188 g/mol. The monoisotopic (exact) mass is 212 g/mol. The topological polar surface area (TPSA) is 37.3 Å². The molecule has 2 nitrogen and oxygen atoms in total. The molecule has 15 heavy (non-hydrogen) atoms. The highest BCUT2D eigenvalue weighted by molar-refractivity contribution is 5.78. The van der Waals surface area contributed by atoms with Crippen LogP contribution in [0.3, 0.4) is 0 Å². The lowest BCUT2D eigenvalue weighted by molar-refractivity contribution is -0.131. The van der Waals surface area contributed by atoms with Crippen LogP contribution in [-0.2, 0) is 4.79 Å². The van der Waals surface area contributed by atoms with E-state index < -0.39 is 5.97 Å². The zero-order valence-corrected chi connectivity index (χ0v) is 9.71. The van der Waals surface area contributed by atoms with Crippen molar-refractivity contribution in [3.05, 3.63) is 12.7 Å². The van der Waals surface area contributed by atoms with Gasteiger partial charge in [0.1, 0.15) is 0 Å². The molecule has 0 radical (unpaired) electrons. The fourth-order valence-electron chi connectivity index (χ4n) is 1.77. The van der Waals surface area contributed by atoms with Crippen molar-refractivity contribution in [3.63, 3.8) is 0 Å². The molecule has 0 amide bonds. The Labute approximate surface area is 93.4 Å². The van der Waals surface area contributed by atoms with Crippen molar-refractivity contribution < 1.29 is 9.90 Å². The molecule has 1 rings (SSSR count). The predicted octanol–water partition coefficient (Wildman–Crippen LogP) is 4.16. The van der Waals surface area contributed by atoms with Crippen molar-refractivity contribution in [2.45, 2.75) is 64.2 Å². The molecule has 1 aliphatic carbocycles. The first kappa shape index (κ1) is 14.2. The molecule has 0 aromatic heterocycles. The summed E-state index contributed by atoms with van der Waals surface area (Å²) < 4.78 is 0. The zero-order chi connectivity index (χ0) is 11.4. The van der Waals surface area contributed by atoms with Crippen molar-refractivity contribution >= 4 is 5.97 Å². The molecule has 0 spiro atoms. The lowest BCUT2D eigenvalue weighted by Crippen LogP contribution is -1.85. The van der Waals surface area contributed by atoms with E-state index in [0.29, 0.717) is 0 Å². The summed E-state index contributed by atoms with van der Waals surface area (Å²) in [5, 5.41) is 7.60. The van der Waals surface area contributed by atoms with Gasteiger partial charge in [0.15, 0.2) is 0 Å². The van der Waals surface area contributed by atoms with E-state index in [-0.39, 0.29) is 0 Å². The average Bonchev–Trinajstić information content (AvgIpc) is 2.27. The molecule has 0 aromatic carbocycles. The van der Waals surface area contributed by atoms with E-state index in [1.54, 1.807) is 0 Å². The van der Waals surface area contributed by atoms with Crippen LogP contribution in [0.2, 0.25) is 0 Å². The third kappa shape index (κ3) is 13.2. The van der Waals surface area contributed by atoms with E-state index in [0.717, 1.165) is 6.08 Å². The van der Waals surface area contributed by atoms with Crippen LogP contribution in [-0.4, -0.2) is 11.1 Å². The largest absolute Gasteiger partial charge is 0.478 e. The Morgan fingerprint density at radius 2 is 0.933 bits per heavy atom. The molecule has 0 unspecified atom stereocenters. The normalized spacial score (nSPS) is 18.1. The number of rotatable bonds is 1. The minimum atomic E-state index is -0.981. The van der Waals surface area contributed by atoms with Crippen LogP contribution in [0, 0.1) is 0 Å². The maximum atomic E-state index is 9.25. The Hall–Kier alpha value is -0.790. The number of carbonyl (C=O) groups is 1. The molecule has 0 atom stereocenters. The summed E-state index contributed by atoms with van der Waals surface area (Å²) in [6.45, 7) is 2.96. The third-order valence-electron chi connectivity index (χ3n) is 2.67. The van der Waals surface area contributed by atoms with Crippen LogP contribution in [0.5, 0.6) is 0 Å². The minimum absolute atomic E-state index is 0.833. The smallest absolute Gasteiger partial charge is 0.327 e. The van der Waals surface area contributed by atoms with Crippen molar-refractivity contribution in [2.24, 2.45) is 0 Å². The highest BCUT2D eigenvalue weighted by Crippen LogP contribution is 2.15. The van der Waals surface area contributed by atoms with Gasteiger partial charge in [-0.3, -0.25) is 0 Å². The quantitative estimate of drug-likeness (QED) is 0.663. The summed E-state index contributed by atoms with van der Waals surface area (Å²) in [6.07, 6.45) is 15.8. The van der Waals surface area contributed by atoms with Crippen LogP contribution < -0.4 is 0 Å². The lowest BCUT2D eigenvalue weighted by atomic mass is 10.0. The Kier molecular flexibility index (Phi) is 10.7. The van der Waals surface area contributed by atoms with Gasteiger partial charge in [-0.1, -0.05) is 70.8 Å². The first-order valence-electron chi connectivity index (χ1n) is 6.12. The zero-order valence-electron chi connectivity index (χ0n) is 9.71. The van der Waals surface area contributed by atoms with E-state index in [4.69, 9.17) is 5.11 Å². The first-order valence-corrected chi connectivity index (χ1v) is 6.12. The van der Waals surface area contributed by atoms with Gasteiger partial charge in [0.05, 0.1) is 0 Å². The Bertz CT molecular complexity index is 131. The number of hydrogen-bond donors (Lipinski definition) is 1. The molecule has 1 fully saturated rings. The summed E-state index contributed by atoms with van der Waals surface area (Å²) in [7, 11) is 0. The molecule has 0 bridgehead atoms. The molecule has 0 saturated heterocycles. The minimum Gasteiger partial charge on any atom is -0.478 e. The second-order valence-corrected chi connectivity index (χ2v) is 4.08. The van der Waals surface area contributed by atoms with Gasteiger partial charge in [-0.05, 0) is 0 Å². The molecule has 0 heterocycles. The third-order valence-corrected chi connectivity index (χ3v) is 2.67. The van der Waals surface area contributed by atoms with Gasteiger partial charge in [0.2, 0.25) is 0 Å². The lowest BCUT2D eigenvalue weighted by Gasteiger charge is -2.05. The van der Waals surface area contributed by atoms with Gasteiger partial charge in [0, 0.05) is 6.08 Å². The van der Waals surface area contributed by atoms with Crippen LogP contribution in [0.15, 0.2) is 12.7 Å². The number of carboxylic acids is 1. The first-order chi connectivity index (χ1) is 7.27. The van der Waals surface area contributed by atoms with Crippen molar-refractivity contribution in [1.82, 2.24) is 0 Å². The average molecular weight is 212 g/mol. The van der Waals surface area contributed by atoms with Gasteiger partial charge in [0.25, 0.3) is 0 Å². The van der Waals surface area contributed by atoms with Crippen molar-refractivity contribution in [1.29, 1.82) is 0 Å². The Balaban J connectivity index is 0.000000336. The van der Waals surface area contributed by atoms with E-state index in [9.17, 15) is 4.79 Å². The SMILES string of the molecule is C1CCCCCCCCC1.C=CC(=O)O. The summed E-state index contributed by atoms with van der Waals surface area (Å²) in [4.78, 5) is 9.25. The van der Waals surface area contributed by atoms with Crippen LogP contribution in [0.4, 0.5) is 0 Å². The molecular formula is C13H24O2. The van der Waals surface area contributed by atoms with Crippen LogP contribution >= 0.6 is 0 Å². The van der Waals surface area contributed by atoms with Crippen molar-refractivity contribution in [3.8, 4) is 0 Å². The van der Waals surface area contributed by atoms with Crippen molar-refractivity contribution in [2.75, 3.05) is 0 Å². The van der Waals surface area contributed by atoms with Gasteiger partial charge >= 0.3 is 5.97 Å². The Morgan fingerprint density at radius 1 is 0.800 bits per heavy atom. The van der Waals surface area contributed by atoms with E-state index in [2.05, 4.69) is 6.58 Å². The summed E-state index contributed by atoms with van der Waals surface area (Å²) in [6, 6.07) is 0. The summed E-state index contributed by atoms with van der Waals surface area (Å²) in [5.41, 5.74) is 0. The molecule has 1 aliphatic rings. The van der Waals surface area contributed by atoms with E-state index in [1.165, 1.54) is 64.2 Å². The molecule has 2 heteroatoms. The van der Waals surface area contributed by atoms with E-state index >= 15 is 0 Å². The predicted molar refractivity (Wildman–Crippen MR) is 64.0 cm³/mol. The molecule has 0 aliphatic heterocycles. The van der Waals surface area contributed by atoms with Crippen LogP contribution in [0.1, 0.15) is 64.2 Å². The summed E-state index contributed by atoms with van der Waals surface area (Å²) in [5.74, 6) is -0.981. The molecule has 1 N–H and O–H groups in total.